The Balaban J connectivity index is 2.89. The first-order valence-corrected chi connectivity index (χ1v) is 7.76. The van der Waals surface area contributed by atoms with Gasteiger partial charge in [-0.25, -0.2) is 0 Å². The van der Waals surface area contributed by atoms with Crippen molar-refractivity contribution < 1.29 is 4.79 Å². The third-order valence-corrected chi connectivity index (χ3v) is 4.02. The zero-order valence-electron chi connectivity index (χ0n) is 9.95. The lowest BCUT2D eigenvalue weighted by molar-refractivity contribution is 0.0768. The van der Waals surface area contributed by atoms with Gasteiger partial charge in [-0.05, 0) is 63.6 Å². The maximum atomic E-state index is 12.4. The van der Waals surface area contributed by atoms with Crippen LogP contribution in [0.15, 0.2) is 22.7 Å². The van der Waals surface area contributed by atoms with Crippen molar-refractivity contribution in [3.05, 3.63) is 31.8 Å². The molecule has 0 heterocycles. The monoisotopic (exact) mass is 440 g/mol. The highest BCUT2D eigenvalue weighted by Crippen LogP contribution is 2.21. The molecule has 0 aliphatic heterocycles. The van der Waals surface area contributed by atoms with Gasteiger partial charge in [0.15, 0.2) is 0 Å². The molecule has 2 N–H and O–H groups in total. The van der Waals surface area contributed by atoms with Crippen LogP contribution in [0.1, 0.15) is 23.7 Å². The molecule has 0 bridgehead atoms. The Kier molecular flexibility index (Phi) is 6.51. The maximum Gasteiger partial charge on any atom is 0.255 e. The summed E-state index contributed by atoms with van der Waals surface area (Å²) in [6.45, 7) is 3.14. The average molecular weight is 441 g/mol. The molecule has 0 fully saturated rings. The summed E-state index contributed by atoms with van der Waals surface area (Å²) in [6, 6.07) is 5.71. The Morgan fingerprint density at radius 1 is 1.56 bits per heavy atom. The van der Waals surface area contributed by atoms with Crippen molar-refractivity contribution >= 4 is 61.6 Å². The van der Waals surface area contributed by atoms with Crippen LogP contribution in [0.3, 0.4) is 0 Å². The Bertz CT molecular complexity index is 467. The van der Waals surface area contributed by atoms with Crippen LogP contribution in [-0.4, -0.2) is 28.9 Å². The van der Waals surface area contributed by atoms with Crippen LogP contribution < -0.4 is 5.73 Å². The predicted molar refractivity (Wildman–Crippen MR) is 89.8 cm³/mol. The normalized spacial score (nSPS) is 10.2. The van der Waals surface area contributed by atoms with E-state index in [4.69, 9.17) is 18.0 Å². The van der Waals surface area contributed by atoms with E-state index in [1.807, 2.05) is 25.1 Å². The molecule has 98 valence electrons. The number of thiocarbonyl (C=S) groups is 1. The number of nitrogens with zero attached hydrogens (tertiary/aromatic N) is 1. The van der Waals surface area contributed by atoms with Gasteiger partial charge in [0.2, 0.25) is 0 Å². The van der Waals surface area contributed by atoms with E-state index in [1.54, 1.807) is 4.90 Å². The molecule has 1 rings (SSSR count). The Morgan fingerprint density at radius 3 is 2.78 bits per heavy atom. The number of amides is 1. The standard InChI is InChI=1S/C12H14BrIN2OS/c1-2-16(6-5-11(15)18)12(17)9-7-8(14)3-4-10(9)13/h3-4,7H,2,5-6H2,1H3,(H2,15,18). The molecule has 0 spiro atoms. The van der Waals surface area contributed by atoms with Crippen molar-refractivity contribution in [3.63, 3.8) is 0 Å². The summed E-state index contributed by atoms with van der Waals surface area (Å²) in [6.07, 6.45) is 0.552. The van der Waals surface area contributed by atoms with E-state index in [-0.39, 0.29) is 5.91 Å². The molecule has 0 atom stereocenters. The second-order valence-electron chi connectivity index (χ2n) is 3.73. The van der Waals surface area contributed by atoms with Crippen LogP contribution in [0, 0.1) is 3.57 Å². The number of nitrogens with two attached hydrogens (primary N) is 1. The molecule has 0 aliphatic carbocycles. The minimum atomic E-state index is -0.000795. The lowest BCUT2D eigenvalue weighted by atomic mass is 10.2. The second kappa shape index (κ2) is 7.40. The number of hydrogen-bond donors (Lipinski definition) is 1. The fourth-order valence-electron chi connectivity index (χ4n) is 1.48. The smallest absolute Gasteiger partial charge is 0.255 e. The molecule has 1 aromatic rings. The molecule has 1 aromatic carbocycles. The highest BCUT2D eigenvalue weighted by Gasteiger charge is 2.17. The van der Waals surface area contributed by atoms with Gasteiger partial charge in [-0.15, -0.1) is 0 Å². The molecule has 1 amide bonds. The molecule has 0 saturated heterocycles. The summed E-state index contributed by atoms with van der Waals surface area (Å²) in [4.78, 5) is 14.5. The molecule has 0 radical (unpaired) electrons. The number of benzene rings is 1. The second-order valence-corrected chi connectivity index (χ2v) is 6.35. The van der Waals surface area contributed by atoms with E-state index in [0.717, 1.165) is 8.04 Å². The van der Waals surface area contributed by atoms with Crippen molar-refractivity contribution in [3.8, 4) is 0 Å². The molecule has 6 heteroatoms. The van der Waals surface area contributed by atoms with Crippen LogP contribution >= 0.6 is 50.7 Å². The molecule has 0 unspecified atom stereocenters. The molecule has 0 aromatic heterocycles. The Morgan fingerprint density at radius 2 is 2.22 bits per heavy atom. The van der Waals surface area contributed by atoms with Gasteiger partial charge in [-0.1, -0.05) is 12.2 Å². The fraction of sp³-hybridized carbons (Fsp3) is 0.333. The van der Waals surface area contributed by atoms with Crippen LogP contribution in [0.2, 0.25) is 0 Å². The topological polar surface area (TPSA) is 46.3 Å². The zero-order valence-corrected chi connectivity index (χ0v) is 14.5. The van der Waals surface area contributed by atoms with Gasteiger partial charge < -0.3 is 10.6 Å². The molecular formula is C12H14BrIN2OS. The number of halogens is 2. The van der Waals surface area contributed by atoms with Gasteiger partial charge in [-0.2, -0.15) is 0 Å². The average Bonchev–Trinajstić information content (AvgIpc) is 2.32. The van der Waals surface area contributed by atoms with E-state index in [1.165, 1.54) is 0 Å². The van der Waals surface area contributed by atoms with Crippen molar-refractivity contribution in [1.29, 1.82) is 0 Å². The molecule has 3 nitrogen and oxygen atoms in total. The Labute approximate surface area is 134 Å². The lowest BCUT2D eigenvalue weighted by Crippen LogP contribution is -2.33. The zero-order chi connectivity index (χ0) is 13.7. The van der Waals surface area contributed by atoms with Crippen molar-refractivity contribution in [2.45, 2.75) is 13.3 Å². The lowest BCUT2D eigenvalue weighted by Gasteiger charge is -2.21. The van der Waals surface area contributed by atoms with Crippen molar-refractivity contribution in [2.75, 3.05) is 13.1 Å². The number of rotatable bonds is 5. The number of carbonyl (C=O) groups excluding carboxylic acids is 1. The van der Waals surface area contributed by atoms with Gasteiger partial charge >= 0.3 is 0 Å². The third kappa shape index (κ3) is 4.47. The largest absolute Gasteiger partial charge is 0.393 e. The number of carbonyl (C=O) groups is 1. The summed E-state index contributed by atoms with van der Waals surface area (Å²) in [7, 11) is 0. The SMILES string of the molecule is CCN(CCC(N)=S)C(=O)c1cc(I)ccc1Br. The van der Waals surface area contributed by atoms with Crippen LogP contribution in [0.25, 0.3) is 0 Å². The first-order chi connectivity index (χ1) is 8.45. The number of hydrogen-bond acceptors (Lipinski definition) is 2. The van der Waals surface area contributed by atoms with Gasteiger partial charge in [0.25, 0.3) is 5.91 Å². The van der Waals surface area contributed by atoms with Crippen LogP contribution in [-0.2, 0) is 0 Å². The van der Waals surface area contributed by atoms with E-state index in [0.29, 0.717) is 30.1 Å². The minimum Gasteiger partial charge on any atom is -0.393 e. The quantitative estimate of drug-likeness (QED) is 0.564. The summed E-state index contributed by atoms with van der Waals surface area (Å²) in [5.41, 5.74) is 6.14. The highest BCUT2D eigenvalue weighted by atomic mass is 127. The van der Waals surface area contributed by atoms with Crippen molar-refractivity contribution in [2.24, 2.45) is 5.73 Å². The Hall–Kier alpha value is -0.210. The summed E-state index contributed by atoms with van der Waals surface area (Å²) < 4.78 is 1.84. The minimum absolute atomic E-state index is 0.000795. The summed E-state index contributed by atoms with van der Waals surface area (Å²) in [5.74, 6) is -0.000795. The van der Waals surface area contributed by atoms with Gasteiger partial charge in [-0.3, -0.25) is 4.79 Å². The maximum absolute atomic E-state index is 12.4. The first-order valence-electron chi connectivity index (χ1n) is 5.48. The van der Waals surface area contributed by atoms with E-state index in [2.05, 4.69) is 38.5 Å². The predicted octanol–water partition coefficient (Wildman–Crippen LogP) is 3.19. The molecule has 0 aliphatic rings. The van der Waals surface area contributed by atoms with E-state index < -0.39 is 0 Å². The van der Waals surface area contributed by atoms with Crippen molar-refractivity contribution in [1.82, 2.24) is 4.90 Å². The highest BCUT2D eigenvalue weighted by molar-refractivity contribution is 14.1. The molecule has 0 saturated carbocycles. The van der Waals surface area contributed by atoms with E-state index >= 15 is 0 Å². The third-order valence-electron chi connectivity index (χ3n) is 2.46. The van der Waals surface area contributed by atoms with Crippen LogP contribution in [0.4, 0.5) is 0 Å². The van der Waals surface area contributed by atoms with E-state index in [9.17, 15) is 4.79 Å². The van der Waals surface area contributed by atoms with Gasteiger partial charge in [0, 0.05) is 27.6 Å². The first kappa shape index (κ1) is 15.8. The summed E-state index contributed by atoms with van der Waals surface area (Å²) in [5, 5.41) is 0. The van der Waals surface area contributed by atoms with Gasteiger partial charge in [0.05, 0.1) is 10.6 Å². The summed E-state index contributed by atoms with van der Waals surface area (Å²) >= 11 is 10.4. The fourth-order valence-corrected chi connectivity index (χ4v) is 2.48. The van der Waals surface area contributed by atoms with Gasteiger partial charge in [0.1, 0.15) is 0 Å². The molecule has 18 heavy (non-hydrogen) atoms. The molecular weight excluding hydrogens is 427 g/mol. The van der Waals surface area contributed by atoms with Crippen LogP contribution in [0.5, 0.6) is 0 Å².